The van der Waals surface area contributed by atoms with Gasteiger partial charge in [0, 0.05) is 24.3 Å². The second-order valence-electron chi connectivity index (χ2n) is 9.77. The molecule has 1 aliphatic heterocycles. The number of ketones is 1. The molecule has 31 heavy (non-hydrogen) atoms. The number of piperidine rings is 1. The van der Waals surface area contributed by atoms with Gasteiger partial charge >= 0.3 is 0 Å². The second-order valence-corrected chi connectivity index (χ2v) is 11.2. The Morgan fingerprint density at radius 2 is 1.87 bits per heavy atom. The third-order valence-electron chi connectivity index (χ3n) is 7.58. The Morgan fingerprint density at radius 3 is 2.48 bits per heavy atom. The lowest BCUT2D eigenvalue weighted by Gasteiger charge is -2.62. The summed E-state index contributed by atoms with van der Waals surface area (Å²) in [5, 5.41) is 10.1. The van der Waals surface area contributed by atoms with Gasteiger partial charge in [-0.15, -0.1) is 0 Å². The standard InChI is InChI=1S/C23H35NO2.CH4O3S/c1-5-6-7-8-18(25)11-12-23(3)21-15-17-9-10-19(26)16-20(17)22(23,2)13-14-24(21)4;1-5(2,3)4/h9-10,16,21,26H,5-8,11-15H2,1-4H3;1H3,(H,2,3,4). The van der Waals surface area contributed by atoms with Crippen molar-refractivity contribution < 1.29 is 22.9 Å². The van der Waals surface area contributed by atoms with Gasteiger partial charge in [-0.2, -0.15) is 8.42 Å². The van der Waals surface area contributed by atoms with Crippen molar-refractivity contribution in [2.24, 2.45) is 5.41 Å². The van der Waals surface area contributed by atoms with E-state index in [1.54, 1.807) is 0 Å². The minimum absolute atomic E-state index is 0.0141. The summed E-state index contributed by atoms with van der Waals surface area (Å²) in [6.07, 6.45) is 8.52. The monoisotopic (exact) mass is 453 g/mol. The van der Waals surface area contributed by atoms with E-state index in [0.717, 1.165) is 51.5 Å². The smallest absolute Gasteiger partial charge is 0.261 e. The third-order valence-corrected chi connectivity index (χ3v) is 7.58. The molecule has 0 spiro atoms. The Hall–Kier alpha value is -1.44. The summed E-state index contributed by atoms with van der Waals surface area (Å²) in [7, 11) is -1.43. The number of nitrogens with zero attached hydrogens (tertiary/aromatic N) is 1. The van der Waals surface area contributed by atoms with E-state index in [0.29, 0.717) is 30.3 Å². The molecule has 3 unspecified atom stereocenters. The summed E-state index contributed by atoms with van der Waals surface area (Å²) in [6.45, 7) is 8.01. The Bertz CT molecular complexity index is 876. The molecule has 2 bridgehead atoms. The van der Waals surface area contributed by atoms with Crippen molar-refractivity contribution in [1.82, 2.24) is 4.90 Å². The average Bonchev–Trinajstić information content (AvgIpc) is 2.66. The van der Waals surface area contributed by atoms with Crippen LogP contribution in [0, 0.1) is 5.41 Å². The van der Waals surface area contributed by atoms with E-state index in [1.165, 1.54) is 11.1 Å². The van der Waals surface area contributed by atoms with Gasteiger partial charge in [0.2, 0.25) is 0 Å². The molecule has 6 nitrogen and oxygen atoms in total. The van der Waals surface area contributed by atoms with Crippen molar-refractivity contribution in [2.45, 2.75) is 83.6 Å². The lowest BCUT2D eigenvalue weighted by molar-refractivity contribution is -0.121. The first-order valence-corrected chi connectivity index (χ1v) is 13.1. The lowest BCUT2D eigenvalue weighted by atomic mass is 9.49. The van der Waals surface area contributed by atoms with Crippen LogP contribution in [0.5, 0.6) is 5.75 Å². The molecule has 1 saturated heterocycles. The molecule has 2 N–H and O–H groups in total. The third kappa shape index (κ3) is 6.08. The molecule has 0 saturated carbocycles. The number of Topliss-reactive ketones (excluding diaryl/α,β-unsaturated/α-hetero) is 1. The quantitative estimate of drug-likeness (QED) is 0.471. The van der Waals surface area contributed by atoms with Crippen LogP contribution < -0.4 is 0 Å². The van der Waals surface area contributed by atoms with Crippen molar-refractivity contribution in [1.29, 1.82) is 0 Å². The molecule has 1 aromatic rings. The Morgan fingerprint density at radius 1 is 1.23 bits per heavy atom. The number of carbonyl (C=O) groups excluding carboxylic acids is 1. The highest BCUT2D eigenvalue weighted by atomic mass is 32.2. The molecule has 2 aliphatic rings. The number of hydrogen-bond acceptors (Lipinski definition) is 5. The lowest BCUT2D eigenvalue weighted by Crippen LogP contribution is -2.64. The van der Waals surface area contributed by atoms with Gasteiger partial charge in [-0.3, -0.25) is 9.35 Å². The molecule has 0 radical (unpaired) electrons. The van der Waals surface area contributed by atoms with Crippen LogP contribution in [0.4, 0.5) is 0 Å². The molecule has 1 aromatic carbocycles. The number of benzene rings is 1. The summed E-state index contributed by atoms with van der Waals surface area (Å²) in [5.74, 6) is 0.783. The van der Waals surface area contributed by atoms with Gasteiger partial charge in [-0.05, 0) is 68.0 Å². The number of hydrogen-bond donors (Lipinski definition) is 2. The summed E-state index contributed by atoms with van der Waals surface area (Å²) >= 11 is 0. The Balaban J connectivity index is 0.000000614. The predicted molar refractivity (Wildman–Crippen MR) is 124 cm³/mol. The first-order chi connectivity index (χ1) is 14.3. The summed E-state index contributed by atoms with van der Waals surface area (Å²) in [6, 6.07) is 6.36. The van der Waals surface area contributed by atoms with Crippen molar-refractivity contribution >= 4 is 15.9 Å². The minimum atomic E-state index is -3.67. The molecule has 1 aliphatic carbocycles. The van der Waals surface area contributed by atoms with E-state index in [2.05, 4.69) is 38.8 Å². The molecule has 3 rings (SSSR count). The maximum Gasteiger partial charge on any atom is 0.261 e. The zero-order chi connectivity index (χ0) is 23.4. The van der Waals surface area contributed by atoms with Crippen LogP contribution in [0.3, 0.4) is 0 Å². The van der Waals surface area contributed by atoms with Gasteiger partial charge in [-0.1, -0.05) is 39.7 Å². The number of aromatic hydroxyl groups is 1. The molecule has 1 heterocycles. The number of fused-ring (bicyclic) bond motifs is 4. The van der Waals surface area contributed by atoms with E-state index in [9.17, 15) is 18.3 Å². The predicted octanol–water partition coefficient (Wildman–Crippen LogP) is 4.35. The molecule has 7 heteroatoms. The van der Waals surface area contributed by atoms with Gasteiger partial charge in [0.15, 0.2) is 0 Å². The first kappa shape index (κ1) is 25.8. The van der Waals surface area contributed by atoms with E-state index < -0.39 is 10.1 Å². The van der Waals surface area contributed by atoms with Crippen LogP contribution in [0.25, 0.3) is 0 Å². The van der Waals surface area contributed by atoms with Crippen LogP contribution >= 0.6 is 0 Å². The summed E-state index contributed by atoms with van der Waals surface area (Å²) < 4.78 is 25.9. The average molecular weight is 454 g/mol. The van der Waals surface area contributed by atoms with Crippen molar-refractivity contribution in [3.8, 4) is 5.75 Å². The highest BCUT2D eigenvalue weighted by Gasteiger charge is 2.57. The van der Waals surface area contributed by atoms with Gasteiger partial charge in [-0.25, -0.2) is 0 Å². The van der Waals surface area contributed by atoms with Gasteiger partial charge < -0.3 is 10.0 Å². The highest BCUT2D eigenvalue weighted by molar-refractivity contribution is 7.85. The first-order valence-electron chi connectivity index (χ1n) is 11.3. The van der Waals surface area contributed by atoms with E-state index >= 15 is 0 Å². The molecule has 0 amide bonds. The van der Waals surface area contributed by atoms with Gasteiger partial charge in [0.1, 0.15) is 11.5 Å². The fourth-order valence-corrected chi connectivity index (χ4v) is 5.52. The largest absolute Gasteiger partial charge is 0.508 e. The SMILES string of the molecule is CCCCCC(=O)CCC1(C)C2Cc3ccc(O)cc3C1(C)CCN2C.CS(=O)(=O)O. The van der Waals surface area contributed by atoms with E-state index in [4.69, 9.17) is 4.55 Å². The second kappa shape index (κ2) is 10.0. The molecular formula is C24H39NO5S. The number of phenols is 1. The van der Waals surface area contributed by atoms with E-state index in [-0.39, 0.29) is 10.8 Å². The van der Waals surface area contributed by atoms with Crippen molar-refractivity contribution in [3.05, 3.63) is 29.3 Å². The minimum Gasteiger partial charge on any atom is -0.508 e. The fraction of sp³-hybridized carbons (Fsp3) is 0.708. The Kier molecular flexibility index (Phi) is 8.33. The van der Waals surface area contributed by atoms with Crippen molar-refractivity contribution in [3.63, 3.8) is 0 Å². The normalized spacial score (nSPS) is 27.7. The molecule has 3 atom stereocenters. The van der Waals surface area contributed by atoms with E-state index in [1.807, 2.05) is 12.1 Å². The molecule has 1 fully saturated rings. The maximum atomic E-state index is 12.5. The van der Waals surface area contributed by atoms with Crippen LogP contribution in [0.1, 0.15) is 76.8 Å². The molecular weight excluding hydrogens is 414 g/mol. The number of rotatable bonds is 7. The highest BCUT2D eigenvalue weighted by Crippen LogP contribution is 2.58. The topological polar surface area (TPSA) is 94.9 Å². The molecule has 0 aromatic heterocycles. The zero-order valence-electron chi connectivity index (χ0n) is 19.6. The molecule has 176 valence electrons. The number of carbonyl (C=O) groups is 1. The number of unbranched alkanes of at least 4 members (excludes halogenated alkanes) is 2. The zero-order valence-corrected chi connectivity index (χ0v) is 20.5. The van der Waals surface area contributed by atoms with Gasteiger partial charge in [0.05, 0.1) is 6.26 Å². The van der Waals surface area contributed by atoms with Crippen LogP contribution in [-0.2, 0) is 26.7 Å². The van der Waals surface area contributed by atoms with Crippen LogP contribution in [0.15, 0.2) is 18.2 Å². The number of likely N-dealkylation sites (N-methyl/N-ethyl adjacent to an activating group) is 1. The number of likely N-dealkylation sites (tertiary alicyclic amines) is 1. The van der Waals surface area contributed by atoms with Gasteiger partial charge in [0.25, 0.3) is 10.1 Å². The van der Waals surface area contributed by atoms with Crippen LogP contribution in [-0.4, -0.2) is 54.7 Å². The van der Waals surface area contributed by atoms with Crippen LogP contribution in [0.2, 0.25) is 0 Å². The fourth-order valence-electron chi connectivity index (χ4n) is 5.52. The maximum absolute atomic E-state index is 12.5. The summed E-state index contributed by atoms with van der Waals surface area (Å²) in [4.78, 5) is 15.0. The number of phenolic OH excluding ortho intramolecular Hbond substituents is 1. The van der Waals surface area contributed by atoms with Crippen molar-refractivity contribution in [2.75, 3.05) is 19.8 Å². The summed E-state index contributed by atoms with van der Waals surface area (Å²) in [5.41, 5.74) is 2.75. The Labute approximate surface area is 187 Å².